The van der Waals surface area contributed by atoms with Crippen LogP contribution in [0, 0.1) is 12.8 Å². The number of rotatable bonds is 3. The first-order valence-corrected chi connectivity index (χ1v) is 11.9. The molecule has 8 heterocycles. The van der Waals surface area contributed by atoms with E-state index in [1.54, 1.807) is 10.9 Å². The van der Waals surface area contributed by atoms with Crippen LogP contribution in [0.1, 0.15) is 0 Å². The molecule has 0 amide bonds. The summed E-state index contributed by atoms with van der Waals surface area (Å²) >= 11 is 0. The smallest absolute Gasteiger partial charge is 0.223 e. The highest BCUT2D eigenvalue weighted by molar-refractivity contribution is 5.52. The zero-order valence-electron chi connectivity index (χ0n) is 19.8. The van der Waals surface area contributed by atoms with E-state index in [0.717, 1.165) is 34.4 Å². The zero-order chi connectivity index (χ0) is 25.0. The summed E-state index contributed by atoms with van der Waals surface area (Å²) in [6.07, 6.45) is 20.2. The maximum Gasteiger partial charge on any atom is 0.759 e. The minimum Gasteiger partial charge on any atom is -0.223 e. The minimum absolute atomic E-state index is 0.730. The summed E-state index contributed by atoms with van der Waals surface area (Å²) < 4.78 is 13.3. The molecule has 0 saturated carbocycles. The van der Waals surface area contributed by atoms with Crippen molar-refractivity contribution in [1.29, 1.82) is 0 Å². The molecular weight excluding hydrogens is 460 g/mol. The van der Waals surface area contributed by atoms with Crippen LogP contribution in [-0.2, 0) is 5.91 Å². The van der Waals surface area contributed by atoms with Crippen LogP contribution in [0.2, 0.25) is 0 Å². The van der Waals surface area contributed by atoms with Crippen molar-refractivity contribution >= 4 is 0 Å². The Morgan fingerprint density at radius 2 is 1.43 bits per heavy atom. The summed E-state index contributed by atoms with van der Waals surface area (Å²) in [6.45, 7) is 0. The Hall–Kier alpha value is -5.42. The van der Waals surface area contributed by atoms with Crippen molar-refractivity contribution in [2.24, 2.45) is 0 Å². The third-order valence-corrected chi connectivity index (χ3v) is 6.86. The molecule has 174 valence electrons. The van der Waals surface area contributed by atoms with Crippen molar-refractivity contribution in [3.63, 3.8) is 0 Å². The Balaban J connectivity index is 0.00000113. The third kappa shape index (κ3) is 2.62. The fourth-order valence-electron chi connectivity index (χ4n) is 5.55. The lowest BCUT2D eigenvalue weighted by atomic mass is 10.2. The normalized spacial score (nSPS) is 15.8. The first-order valence-electron chi connectivity index (χ1n) is 11.9. The molecule has 0 spiro atoms. The second-order valence-electron chi connectivity index (χ2n) is 8.63. The molecule has 8 rings (SSSR count). The average Bonchev–Trinajstić information content (AvgIpc) is 3.76. The van der Waals surface area contributed by atoms with Gasteiger partial charge in [0.1, 0.15) is 10.4 Å². The van der Waals surface area contributed by atoms with Crippen LogP contribution in [0.4, 0.5) is 0 Å². The molecule has 6 aromatic rings. The predicted molar refractivity (Wildman–Crippen MR) is 133 cm³/mol. The second kappa shape index (κ2) is 7.80. The summed E-state index contributed by atoms with van der Waals surface area (Å²) in [6, 6.07) is 29.1. The standard InChI is InChI=1S/C27H20N8.C2H2/c1-3-16-30(22(10-1)21-9-5-13-25(29-21)32-18-7-15-28-32)27-31-17-4-2-11-23(31)24-12-6-14-26(35(24)27)33-19-8-20-34(27)33;1-2/h1-20H;1-2H/q+4;/t27-;/m0./s1. The van der Waals surface area contributed by atoms with Gasteiger partial charge >= 0.3 is 11.7 Å². The SMILES string of the molecule is C#C.c1cc(-c2cccc[n+]2[C@@]23[n+]4ccccc4-c4cccc([n+]42)-n2ccc[n+]23)nc(-n2cccn2)c1. The van der Waals surface area contributed by atoms with Crippen molar-refractivity contribution in [1.82, 2.24) is 19.4 Å². The van der Waals surface area contributed by atoms with E-state index in [4.69, 9.17) is 4.98 Å². The Labute approximate surface area is 213 Å². The number of hydrogen-bond acceptors (Lipinski definition) is 2. The van der Waals surface area contributed by atoms with Gasteiger partial charge in [-0.3, -0.25) is 0 Å². The zero-order valence-corrected chi connectivity index (χ0v) is 19.8. The van der Waals surface area contributed by atoms with Crippen molar-refractivity contribution in [2.45, 2.75) is 5.91 Å². The Morgan fingerprint density at radius 3 is 2.24 bits per heavy atom. The Bertz CT molecular complexity index is 1820. The van der Waals surface area contributed by atoms with Gasteiger partial charge in [0.2, 0.25) is 17.6 Å². The molecule has 1 atom stereocenters. The fraction of sp³-hybridized carbons (Fsp3) is 0.0345. The largest absolute Gasteiger partial charge is 0.759 e. The molecule has 37 heavy (non-hydrogen) atoms. The van der Waals surface area contributed by atoms with Crippen LogP contribution < -0.4 is 18.4 Å². The molecule has 0 N–H and O–H groups in total. The first-order chi connectivity index (χ1) is 18.4. The van der Waals surface area contributed by atoms with Crippen molar-refractivity contribution in [2.75, 3.05) is 0 Å². The highest BCUT2D eigenvalue weighted by Crippen LogP contribution is 2.27. The Kier molecular flexibility index (Phi) is 4.41. The number of fused-ring (bicyclic) bond motifs is 6. The molecule has 2 aliphatic rings. The summed E-state index contributed by atoms with van der Waals surface area (Å²) in [5, 5.41) is 4.37. The number of nitrogens with zero attached hydrogens (tertiary/aromatic N) is 8. The summed E-state index contributed by atoms with van der Waals surface area (Å²) in [5.74, 6) is 1.14. The lowest BCUT2D eigenvalue weighted by Crippen LogP contribution is -2.94. The van der Waals surface area contributed by atoms with Crippen LogP contribution in [-0.4, -0.2) is 19.4 Å². The third-order valence-electron chi connectivity index (χ3n) is 6.86. The molecule has 0 saturated heterocycles. The molecule has 8 heteroatoms. The molecule has 0 fully saturated rings. The van der Waals surface area contributed by atoms with Gasteiger partial charge < -0.3 is 0 Å². The van der Waals surface area contributed by atoms with E-state index in [1.807, 2.05) is 24.4 Å². The van der Waals surface area contributed by atoms with Crippen molar-refractivity contribution < 1.29 is 18.4 Å². The van der Waals surface area contributed by atoms with E-state index in [0.29, 0.717) is 0 Å². The first kappa shape index (κ1) is 20.9. The van der Waals surface area contributed by atoms with E-state index in [-0.39, 0.29) is 0 Å². The quantitative estimate of drug-likeness (QED) is 0.284. The highest BCUT2D eigenvalue weighted by atomic mass is 15.7. The molecule has 0 bridgehead atoms. The van der Waals surface area contributed by atoms with E-state index in [1.165, 1.54) is 0 Å². The van der Waals surface area contributed by atoms with E-state index in [9.17, 15) is 0 Å². The average molecular weight is 483 g/mol. The van der Waals surface area contributed by atoms with Crippen molar-refractivity contribution in [3.05, 3.63) is 122 Å². The summed E-state index contributed by atoms with van der Waals surface area (Å²) in [4.78, 5) is 5.00. The maximum absolute atomic E-state index is 5.00. The van der Waals surface area contributed by atoms with Gasteiger partial charge in [0.25, 0.3) is 5.69 Å². The molecule has 8 nitrogen and oxygen atoms in total. The summed E-state index contributed by atoms with van der Waals surface area (Å²) in [5.41, 5.74) is 4.15. The fourth-order valence-corrected chi connectivity index (χ4v) is 5.55. The predicted octanol–water partition coefficient (Wildman–Crippen LogP) is 1.63. The molecular formula is C29H22N8+4. The van der Waals surface area contributed by atoms with Crippen LogP contribution in [0.25, 0.3) is 34.4 Å². The lowest BCUT2D eigenvalue weighted by Gasteiger charge is -2.09. The topological polar surface area (TPSA) is 51.2 Å². The van der Waals surface area contributed by atoms with Gasteiger partial charge in [-0.05, 0) is 56.2 Å². The van der Waals surface area contributed by atoms with Gasteiger partial charge in [0.05, 0.1) is 6.07 Å². The van der Waals surface area contributed by atoms with E-state index in [2.05, 4.69) is 133 Å². The maximum atomic E-state index is 5.00. The van der Waals surface area contributed by atoms with Gasteiger partial charge in [0, 0.05) is 47.4 Å². The van der Waals surface area contributed by atoms with Crippen LogP contribution in [0.5, 0.6) is 0 Å². The van der Waals surface area contributed by atoms with Gasteiger partial charge in [-0.1, -0.05) is 6.07 Å². The van der Waals surface area contributed by atoms with E-state index < -0.39 is 5.91 Å². The van der Waals surface area contributed by atoms with Crippen LogP contribution >= 0.6 is 0 Å². The molecule has 2 aliphatic heterocycles. The number of pyridine rings is 4. The van der Waals surface area contributed by atoms with E-state index >= 15 is 0 Å². The minimum atomic E-state index is -0.730. The van der Waals surface area contributed by atoms with Crippen LogP contribution in [0.3, 0.4) is 0 Å². The molecule has 0 radical (unpaired) electrons. The molecule has 0 aromatic carbocycles. The van der Waals surface area contributed by atoms with Gasteiger partial charge in [0.15, 0.2) is 24.4 Å². The van der Waals surface area contributed by atoms with Gasteiger partial charge in [-0.15, -0.1) is 12.8 Å². The monoisotopic (exact) mass is 482 g/mol. The van der Waals surface area contributed by atoms with Gasteiger partial charge in [-0.25, -0.2) is 9.67 Å². The second-order valence-corrected chi connectivity index (χ2v) is 8.63. The number of terminal acetylenes is 1. The highest BCUT2D eigenvalue weighted by Gasteiger charge is 2.82. The molecule has 0 aliphatic carbocycles. The summed E-state index contributed by atoms with van der Waals surface area (Å²) in [7, 11) is 0. The molecule has 6 aromatic heterocycles. The van der Waals surface area contributed by atoms with Gasteiger partial charge in [-0.2, -0.15) is 5.10 Å². The van der Waals surface area contributed by atoms with Crippen molar-refractivity contribution in [3.8, 4) is 47.3 Å². The molecule has 0 unspecified atom stereocenters. The number of hydrogen-bond donors (Lipinski definition) is 0. The van der Waals surface area contributed by atoms with Crippen LogP contribution in [0.15, 0.2) is 122 Å². The number of aromatic nitrogens is 8. The lowest BCUT2D eigenvalue weighted by molar-refractivity contribution is -1.30. The Morgan fingerprint density at radius 1 is 0.676 bits per heavy atom.